The average Bonchev–Trinajstić information content (AvgIpc) is 2.11. The summed E-state index contributed by atoms with van der Waals surface area (Å²) in [6.07, 6.45) is 5.41. The molecule has 1 nitrogen and oxygen atoms in total. The molecule has 0 saturated carbocycles. The summed E-state index contributed by atoms with van der Waals surface area (Å²) in [5, 5.41) is 0. The molecule has 0 heterocycles. The number of hydrogen-bond acceptors (Lipinski definition) is 1. The van der Waals surface area contributed by atoms with Crippen LogP contribution in [0.2, 0.25) is 19.6 Å². The van der Waals surface area contributed by atoms with Crippen LogP contribution in [-0.2, 0) is 4.43 Å². The van der Waals surface area contributed by atoms with E-state index >= 15 is 0 Å². The minimum Gasteiger partial charge on any atom is -0.414 e. The number of rotatable bonds is 8. The van der Waals surface area contributed by atoms with Crippen LogP contribution >= 0.6 is 11.6 Å². The predicted octanol–water partition coefficient (Wildman–Crippen LogP) is 4.44. The van der Waals surface area contributed by atoms with Crippen LogP contribution in [-0.4, -0.2) is 20.3 Å². The molecule has 15 heavy (non-hydrogen) atoms. The lowest BCUT2D eigenvalue weighted by Gasteiger charge is -2.28. The zero-order valence-electron chi connectivity index (χ0n) is 10.6. The summed E-state index contributed by atoms with van der Waals surface area (Å²) in [6, 6.07) is 0. The van der Waals surface area contributed by atoms with Crippen LogP contribution in [0.25, 0.3) is 0 Å². The largest absolute Gasteiger partial charge is 0.414 e. The summed E-state index contributed by atoms with van der Waals surface area (Å²) >= 11 is 5.91. The third-order valence-corrected chi connectivity index (χ3v) is 3.82. The van der Waals surface area contributed by atoms with Crippen molar-refractivity contribution < 1.29 is 4.43 Å². The minimum atomic E-state index is -1.44. The van der Waals surface area contributed by atoms with E-state index in [1.165, 1.54) is 0 Å². The molecular weight excluding hydrogens is 224 g/mol. The lowest BCUT2D eigenvalue weighted by atomic mass is 9.99. The highest BCUT2D eigenvalue weighted by molar-refractivity contribution is 6.69. The van der Waals surface area contributed by atoms with Gasteiger partial charge >= 0.3 is 0 Å². The molecule has 0 saturated heterocycles. The molecule has 0 aromatic rings. The van der Waals surface area contributed by atoms with Crippen molar-refractivity contribution in [1.29, 1.82) is 0 Å². The molecule has 0 aliphatic rings. The molecule has 0 amide bonds. The lowest BCUT2D eigenvalue weighted by molar-refractivity contribution is 0.166. The molecule has 0 aromatic carbocycles. The summed E-state index contributed by atoms with van der Waals surface area (Å²) in [4.78, 5) is 0. The minimum absolute atomic E-state index is 0.317. The Morgan fingerprint density at radius 2 is 2.00 bits per heavy atom. The monoisotopic (exact) mass is 248 g/mol. The second-order valence-electron chi connectivity index (χ2n) is 5.04. The van der Waals surface area contributed by atoms with Gasteiger partial charge in [0, 0.05) is 12.0 Å². The molecule has 0 aliphatic heterocycles. The third-order valence-electron chi connectivity index (χ3n) is 2.34. The van der Waals surface area contributed by atoms with Crippen LogP contribution in [0.15, 0.2) is 12.7 Å². The smallest absolute Gasteiger partial charge is 0.184 e. The predicted molar refractivity (Wildman–Crippen MR) is 72.2 cm³/mol. The number of alkyl halides is 1. The Bertz CT molecular complexity index is 173. The van der Waals surface area contributed by atoms with Crippen molar-refractivity contribution in [3.8, 4) is 0 Å². The van der Waals surface area contributed by atoms with E-state index in [1.54, 1.807) is 0 Å². The van der Waals surface area contributed by atoms with Crippen LogP contribution < -0.4 is 0 Å². The van der Waals surface area contributed by atoms with Gasteiger partial charge in [-0.05, 0) is 38.4 Å². The Hall–Kier alpha value is 0.207. The maximum absolute atomic E-state index is 6.12. The van der Waals surface area contributed by atoms with E-state index in [0.29, 0.717) is 12.0 Å². The van der Waals surface area contributed by atoms with E-state index in [9.17, 15) is 0 Å². The average molecular weight is 249 g/mol. The zero-order chi connectivity index (χ0) is 11.9. The van der Waals surface area contributed by atoms with Crippen molar-refractivity contribution in [1.82, 2.24) is 0 Å². The van der Waals surface area contributed by atoms with Gasteiger partial charge in [0.25, 0.3) is 0 Å². The third kappa shape index (κ3) is 8.06. The Morgan fingerprint density at radius 3 is 2.33 bits per heavy atom. The van der Waals surface area contributed by atoms with Crippen LogP contribution in [0.4, 0.5) is 0 Å². The van der Waals surface area contributed by atoms with Crippen LogP contribution in [0.3, 0.4) is 0 Å². The Morgan fingerprint density at radius 1 is 1.40 bits per heavy atom. The van der Waals surface area contributed by atoms with Gasteiger partial charge in [-0.2, -0.15) is 0 Å². The Balaban J connectivity index is 4.19. The molecule has 0 aromatic heterocycles. The second-order valence-corrected chi connectivity index (χ2v) is 9.81. The van der Waals surface area contributed by atoms with Crippen molar-refractivity contribution in [2.75, 3.05) is 5.88 Å². The fraction of sp³-hybridized carbons (Fsp3) is 0.833. The summed E-state index contributed by atoms with van der Waals surface area (Å²) in [5.41, 5.74) is 0. The molecule has 0 spiro atoms. The van der Waals surface area contributed by atoms with Crippen molar-refractivity contribution in [2.45, 2.75) is 51.9 Å². The Labute approximate surface area is 101 Å². The number of halogens is 1. The summed E-state index contributed by atoms with van der Waals surface area (Å²) in [5.74, 6) is 1.31. The van der Waals surface area contributed by atoms with E-state index < -0.39 is 8.32 Å². The first-order valence-corrected chi connectivity index (χ1v) is 9.71. The maximum Gasteiger partial charge on any atom is 0.184 e. The zero-order valence-corrected chi connectivity index (χ0v) is 12.3. The molecule has 2 unspecified atom stereocenters. The molecule has 0 aliphatic carbocycles. The van der Waals surface area contributed by atoms with Crippen LogP contribution in [0.1, 0.15) is 26.2 Å². The van der Waals surface area contributed by atoms with Gasteiger partial charge in [-0.15, -0.1) is 18.2 Å². The Kier molecular flexibility index (Phi) is 7.58. The molecule has 0 radical (unpaired) electrons. The fourth-order valence-corrected chi connectivity index (χ4v) is 3.13. The highest BCUT2D eigenvalue weighted by atomic mass is 35.5. The van der Waals surface area contributed by atoms with Crippen LogP contribution in [0.5, 0.6) is 0 Å². The molecule has 0 rings (SSSR count). The summed E-state index contributed by atoms with van der Waals surface area (Å²) in [7, 11) is -1.44. The summed E-state index contributed by atoms with van der Waals surface area (Å²) in [6.45, 7) is 12.7. The maximum atomic E-state index is 6.12. The fourth-order valence-electron chi connectivity index (χ4n) is 1.59. The van der Waals surface area contributed by atoms with Crippen molar-refractivity contribution >= 4 is 19.9 Å². The quantitative estimate of drug-likeness (QED) is 0.351. The standard InChI is InChI=1S/C12H25ClOSi/c1-6-8-12(14-15(3,4)5)9-11(7-2)10-13/h6,11-12H,1,7-10H2,2-5H3. The van der Waals surface area contributed by atoms with Gasteiger partial charge in [0.2, 0.25) is 0 Å². The topological polar surface area (TPSA) is 9.23 Å². The van der Waals surface area contributed by atoms with E-state index in [1.807, 2.05) is 6.08 Å². The van der Waals surface area contributed by atoms with Gasteiger partial charge in [0.15, 0.2) is 8.32 Å². The van der Waals surface area contributed by atoms with E-state index in [0.717, 1.165) is 25.1 Å². The summed E-state index contributed by atoms with van der Waals surface area (Å²) < 4.78 is 6.12. The van der Waals surface area contributed by atoms with Crippen molar-refractivity contribution in [3.05, 3.63) is 12.7 Å². The van der Waals surface area contributed by atoms with Gasteiger partial charge in [-0.25, -0.2) is 0 Å². The van der Waals surface area contributed by atoms with E-state index in [4.69, 9.17) is 16.0 Å². The molecule has 0 fully saturated rings. The molecule has 0 N–H and O–H groups in total. The molecule has 0 bridgehead atoms. The highest BCUT2D eigenvalue weighted by Gasteiger charge is 2.22. The SMILES string of the molecule is C=CCC(CC(CC)CCl)O[Si](C)(C)C. The van der Waals surface area contributed by atoms with Gasteiger partial charge in [-0.3, -0.25) is 0 Å². The first-order chi connectivity index (χ1) is 6.92. The van der Waals surface area contributed by atoms with E-state index in [-0.39, 0.29) is 0 Å². The van der Waals surface area contributed by atoms with Crippen LogP contribution in [0, 0.1) is 5.92 Å². The molecular formula is C12H25ClOSi. The molecule has 3 heteroatoms. The normalized spacial score (nSPS) is 16.1. The van der Waals surface area contributed by atoms with E-state index in [2.05, 4.69) is 33.1 Å². The highest BCUT2D eigenvalue weighted by Crippen LogP contribution is 2.20. The first-order valence-electron chi connectivity index (χ1n) is 5.77. The van der Waals surface area contributed by atoms with Gasteiger partial charge in [0.05, 0.1) is 0 Å². The second kappa shape index (κ2) is 7.48. The number of hydrogen-bond donors (Lipinski definition) is 0. The van der Waals surface area contributed by atoms with Gasteiger partial charge in [0.1, 0.15) is 0 Å². The van der Waals surface area contributed by atoms with Crippen molar-refractivity contribution in [3.63, 3.8) is 0 Å². The van der Waals surface area contributed by atoms with Gasteiger partial charge < -0.3 is 4.43 Å². The molecule has 2 atom stereocenters. The van der Waals surface area contributed by atoms with Gasteiger partial charge in [-0.1, -0.05) is 19.4 Å². The molecule has 90 valence electrons. The first kappa shape index (κ1) is 15.2. The van der Waals surface area contributed by atoms with Crippen molar-refractivity contribution in [2.24, 2.45) is 5.92 Å². The lowest BCUT2D eigenvalue weighted by Crippen LogP contribution is -2.33.